The maximum absolute atomic E-state index is 7.13. The van der Waals surface area contributed by atoms with Crippen molar-refractivity contribution in [3.63, 3.8) is 0 Å². The number of hydrogen-bond donors (Lipinski definition) is 0. The SMILES string of the molecule is COc1c2c(cc3c1-c1c(cc4c(c1OC)OCO4)[C@@H](OCc1ccccc1)C(=[CH]/[Sn]([CH3])([CH3])[CH3])/C(=C/B1N(C)CCN1C)C3)OCO2. The summed E-state index contributed by atoms with van der Waals surface area (Å²) in [6.45, 7) is 2.82. The summed E-state index contributed by atoms with van der Waals surface area (Å²) in [6.07, 6.45) is 0.201. The van der Waals surface area contributed by atoms with Gasteiger partial charge in [0, 0.05) is 0 Å². The number of benzene rings is 3. The molecule has 1 saturated heterocycles. The van der Waals surface area contributed by atoms with E-state index in [9.17, 15) is 0 Å². The molecule has 3 heterocycles. The Kier molecular flexibility index (Phi) is 8.88. The van der Waals surface area contributed by atoms with Gasteiger partial charge < -0.3 is 0 Å². The van der Waals surface area contributed by atoms with Crippen LogP contribution in [0.3, 0.4) is 0 Å². The van der Waals surface area contributed by atoms with E-state index in [-0.39, 0.29) is 20.6 Å². The van der Waals surface area contributed by atoms with Crippen molar-refractivity contribution in [1.82, 2.24) is 9.62 Å². The van der Waals surface area contributed by atoms with Crippen LogP contribution in [0.15, 0.2) is 63.7 Å². The fourth-order valence-corrected chi connectivity index (χ4v) is 10.7. The van der Waals surface area contributed by atoms with Gasteiger partial charge in [-0.2, -0.15) is 0 Å². The molecular weight excluding hydrogens is 702 g/mol. The average molecular weight is 745 g/mol. The van der Waals surface area contributed by atoms with Crippen molar-refractivity contribution in [1.29, 1.82) is 0 Å². The molecule has 1 fully saturated rings. The van der Waals surface area contributed by atoms with E-state index in [4.69, 9.17) is 33.2 Å². The molecule has 0 amide bonds. The molecule has 9 nitrogen and oxygen atoms in total. The molecule has 0 aromatic heterocycles. The van der Waals surface area contributed by atoms with Gasteiger partial charge in [0.2, 0.25) is 0 Å². The van der Waals surface area contributed by atoms with E-state index in [1.807, 2.05) is 6.07 Å². The Morgan fingerprint density at radius 3 is 2.09 bits per heavy atom. The molecule has 3 aromatic carbocycles. The van der Waals surface area contributed by atoms with Gasteiger partial charge in [0.1, 0.15) is 0 Å². The molecule has 1 atom stereocenters. The summed E-state index contributed by atoms with van der Waals surface area (Å²) < 4.78 is 46.2. The fourth-order valence-electron chi connectivity index (χ4n) is 7.08. The van der Waals surface area contributed by atoms with Gasteiger partial charge in [-0.05, 0) is 0 Å². The number of nitrogens with zero attached hydrogens (tertiary/aromatic N) is 2. The Balaban J connectivity index is 1.56. The minimum atomic E-state index is -2.67. The monoisotopic (exact) mass is 746 g/mol. The van der Waals surface area contributed by atoms with Crippen LogP contribution in [-0.2, 0) is 17.8 Å². The van der Waals surface area contributed by atoms with Crippen molar-refractivity contribution in [3.8, 4) is 45.6 Å². The quantitative estimate of drug-likeness (QED) is 0.260. The van der Waals surface area contributed by atoms with Crippen molar-refractivity contribution in [2.45, 2.75) is 34.0 Å². The number of methoxy groups -OCH3 is 2. The van der Waals surface area contributed by atoms with Crippen molar-refractivity contribution in [2.24, 2.45) is 0 Å². The molecule has 0 radical (unpaired) electrons. The van der Waals surface area contributed by atoms with Crippen LogP contribution in [0, 0.1) is 0 Å². The van der Waals surface area contributed by atoms with E-state index in [0.29, 0.717) is 47.5 Å². The molecule has 0 N–H and O–H groups in total. The minimum absolute atomic E-state index is 0.113. The summed E-state index contributed by atoms with van der Waals surface area (Å²) in [7, 11) is 7.74. The molecule has 47 heavy (non-hydrogen) atoms. The average Bonchev–Trinajstić information content (AvgIpc) is 3.79. The predicted molar refractivity (Wildman–Crippen MR) is 185 cm³/mol. The van der Waals surface area contributed by atoms with Crippen LogP contribution in [0.2, 0.25) is 14.8 Å². The molecule has 7 rings (SSSR count). The molecule has 4 aliphatic rings. The first-order valence-electron chi connectivity index (χ1n) is 16.2. The van der Waals surface area contributed by atoms with Crippen molar-refractivity contribution in [2.75, 3.05) is 55.0 Å². The van der Waals surface area contributed by atoms with E-state index >= 15 is 0 Å². The summed E-state index contributed by atoms with van der Waals surface area (Å²) in [5.41, 5.74) is 7.24. The predicted octanol–water partition coefficient (Wildman–Crippen LogP) is 6.28. The second kappa shape index (κ2) is 12.9. The second-order valence-corrected chi connectivity index (χ2v) is 28.0. The van der Waals surface area contributed by atoms with Gasteiger partial charge in [-0.15, -0.1) is 0 Å². The van der Waals surface area contributed by atoms with E-state index < -0.39 is 24.5 Å². The summed E-state index contributed by atoms with van der Waals surface area (Å²) >= 11 is -2.67. The van der Waals surface area contributed by atoms with Gasteiger partial charge >= 0.3 is 283 Å². The first-order valence-corrected chi connectivity index (χ1v) is 26.4. The van der Waals surface area contributed by atoms with E-state index in [2.05, 4.69) is 85.0 Å². The fraction of sp³-hybridized carbons (Fsp3) is 0.389. The summed E-state index contributed by atoms with van der Waals surface area (Å²) in [5, 5.41) is 0. The van der Waals surface area contributed by atoms with Gasteiger partial charge in [-0.1, -0.05) is 0 Å². The Bertz CT molecular complexity index is 1730. The zero-order valence-electron chi connectivity index (χ0n) is 28.3. The van der Waals surface area contributed by atoms with Gasteiger partial charge in [0.05, 0.1) is 0 Å². The molecule has 0 unspecified atom stereocenters. The zero-order chi connectivity index (χ0) is 32.9. The molecular formula is C36H43BN2O7Sn. The Morgan fingerprint density at radius 2 is 1.47 bits per heavy atom. The third-order valence-corrected chi connectivity index (χ3v) is 12.6. The van der Waals surface area contributed by atoms with Crippen LogP contribution in [0.4, 0.5) is 0 Å². The number of hydrogen-bond acceptors (Lipinski definition) is 9. The summed E-state index contributed by atoms with van der Waals surface area (Å²) in [6, 6.07) is 14.5. The second-order valence-electron chi connectivity index (χ2n) is 13.7. The standard InChI is InChI=1S/C33H34BN2O7.3CH3.Sn/c1-20-23(16-34-35(2)11-12-36(34)3)13-22-14-25-30(42-18-40-25)32(37-4)27(22)28-24(15-26-31(33(28)38-5)43-19-41-26)29(20)39-17-21-9-7-6-8-10-21;;;;/h1,6-10,14-16,29H,11-13,17-19H2,2-5H3;3*1H3;/b20-1?,23-16+;;;;/t29-;;;;/m0..../s1. The number of ether oxygens (including phenoxy) is 7. The molecule has 246 valence electrons. The molecule has 0 spiro atoms. The molecule has 0 saturated carbocycles. The molecule has 11 heteroatoms. The van der Waals surface area contributed by atoms with Crippen LogP contribution < -0.4 is 28.4 Å². The summed E-state index contributed by atoms with van der Waals surface area (Å²) in [4.78, 5) is 12.1. The Labute approximate surface area is 282 Å². The number of likely N-dealkylation sites (N-methyl/N-ethyl adjacent to an activating group) is 2. The van der Waals surface area contributed by atoms with Crippen molar-refractivity contribution >= 4 is 25.4 Å². The first kappa shape index (κ1) is 32.2. The number of fused-ring (bicyclic) bond motifs is 5. The zero-order valence-corrected chi connectivity index (χ0v) is 31.2. The van der Waals surface area contributed by atoms with Crippen LogP contribution in [0.25, 0.3) is 11.1 Å². The van der Waals surface area contributed by atoms with E-state index in [1.165, 1.54) is 11.1 Å². The van der Waals surface area contributed by atoms with Crippen LogP contribution >= 0.6 is 0 Å². The van der Waals surface area contributed by atoms with E-state index in [0.717, 1.165) is 40.9 Å². The Morgan fingerprint density at radius 1 is 0.851 bits per heavy atom. The third-order valence-electron chi connectivity index (χ3n) is 9.23. The Hall–Kier alpha value is -3.32. The molecule has 3 aromatic rings. The third kappa shape index (κ3) is 6.09. The van der Waals surface area contributed by atoms with Crippen LogP contribution in [-0.4, -0.2) is 90.0 Å². The number of rotatable bonds is 7. The van der Waals surface area contributed by atoms with Crippen LogP contribution in [0.1, 0.15) is 22.8 Å². The van der Waals surface area contributed by atoms with Gasteiger partial charge in [-0.25, -0.2) is 0 Å². The maximum atomic E-state index is 7.13. The van der Waals surface area contributed by atoms with Crippen molar-refractivity contribution < 1.29 is 33.2 Å². The normalized spacial score (nSPS) is 20.7. The van der Waals surface area contributed by atoms with Gasteiger partial charge in [0.15, 0.2) is 0 Å². The molecule has 3 aliphatic heterocycles. The molecule has 1 aliphatic carbocycles. The topological polar surface area (TPSA) is 71.1 Å². The van der Waals surface area contributed by atoms with Gasteiger partial charge in [-0.3, -0.25) is 0 Å². The van der Waals surface area contributed by atoms with Crippen molar-refractivity contribution in [3.05, 3.63) is 80.4 Å². The summed E-state index contributed by atoms with van der Waals surface area (Å²) in [5.74, 6) is 6.09. The van der Waals surface area contributed by atoms with E-state index in [1.54, 1.807) is 14.2 Å². The molecule has 0 bridgehead atoms. The van der Waals surface area contributed by atoms with Crippen LogP contribution in [0.5, 0.6) is 34.5 Å². The first-order chi connectivity index (χ1) is 22.7. The van der Waals surface area contributed by atoms with Gasteiger partial charge in [0.25, 0.3) is 0 Å².